The minimum Gasteiger partial charge on any atom is -0.410 e. The lowest BCUT2D eigenvalue weighted by Crippen LogP contribution is -2.27. The number of benzene rings is 1. The van der Waals surface area contributed by atoms with Crippen molar-refractivity contribution < 1.29 is 19.2 Å². The Morgan fingerprint density at radius 1 is 1.26 bits per heavy atom. The summed E-state index contributed by atoms with van der Waals surface area (Å²) in [6.45, 7) is 0. The van der Waals surface area contributed by atoms with Crippen molar-refractivity contribution in [2.45, 2.75) is 9.36 Å². The first-order chi connectivity index (χ1) is 8.70. The van der Waals surface area contributed by atoms with Crippen molar-refractivity contribution in [2.75, 3.05) is 0 Å². The number of alkyl halides is 4. The Hall–Kier alpha value is -0.950. The molecule has 104 valence electrons. The second-order valence-electron chi connectivity index (χ2n) is 3.08. The fraction of sp³-hybridized carbons (Fsp3) is 0.222. The number of hydrogen-bond donors (Lipinski definition) is 0. The number of carbonyl (C=O) groups is 1. The van der Waals surface area contributed by atoms with Gasteiger partial charge in [0, 0.05) is 12.1 Å². The highest BCUT2D eigenvalue weighted by atomic mass is 35.6. The highest BCUT2D eigenvalue weighted by molar-refractivity contribution is 6.70. The summed E-state index contributed by atoms with van der Waals surface area (Å²) in [6, 6.07) is 4.71. The molecule has 10 heteroatoms. The van der Waals surface area contributed by atoms with Gasteiger partial charge in [0.25, 0.3) is 5.69 Å². The van der Waals surface area contributed by atoms with Crippen LogP contribution in [0, 0.1) is 10.1 Å². The number of rotatable bonds is 3. The van der Waals surface area contributed by atoms with Gasteiger partial charge in [-0.25, -0.2) is 4.79 Å². The molecule has 6 nitrogen and oxygen atoms in total. The predicted molar refractivity (Wildman–Crippen MR) is 70.1 cm³/mol. The molecule has 1 aromatic carbocycles. The van der Waals surface area contributed by atoms with E-state index in [1.807, 2.05) is 0 Å². The molecule has 0 aliphatic carbocycles. The summed E-state index contributed by atoms with van der Waals surface area (Å²) in [5.74, 6) is 0.0174. The minimum absolute atomic E-state index is 0.0174. The van der Waals surface area contributed by atoms with E-state index in [2.05, 4.69) is 9.47 Å². The van der Waals surface area contributed by atoms with Crippen LogP contribution < -0.4 is 4.74 Å². The van der Waals surface area contributed by atoms with E-state index in [4.69, 9.17) is 46.4 Å². The summed E-state index contributed by atoms with van der Waals surface area (Å²) in [4.78, 5) is 21.1. The van der Waals surface area contributed by atoms with Gasteiger partial charge in [-0.05, 0) is 12.1 Å². The molecular formula is C9H5Cl4NO5. The summed E-state index contributed by atoms with van der Waals surface area (Å²) in [6.07, 6.45) is -1.21. The Balaban J connectivity index is 2.60. The molecule has 0 amide bonds. The molecule has 0 fully saturated rings. The van der Waals surface area contributed by atoms with Crippen LogP contribution in [0.25, 0.3) is 0 Å². The molecule has 0 N–H and O–H groups in total. The summed E-state index contributed by atoms with van der Waals surface area (Å²) in [5, 5.41) is 10.4. The van der Waals surface area contributed by atoms with Crippen molar-refractivity contribution in [3.05, 3.63) is 34.4 Å². The van der Waals surface area contributed by atoms with E-state index in [0.29, 0.717) is 0 Å². The minimum atomic E-state index is -2.00. The predicted octanol–water partition coefficient (Wildman–Crippen LogP) is 4.05. The lowest BCUT2D eigenvalue weighted by atomic mass is 10.3. The highest BCUT2D eigenvalue weighted by Crippen LogP contribution is 2.34. The van der Waals surface area contributed by atoms with E-state index in [0.717, 1.165) is 12.1 Å². The van der Waals surface area contributed by atoms with Crippen LogP contribution in [-0.4, -0.2) is 20.4 Å². The third-order valence-corrected chi connectivity index (χ3v) is 3.05. The Labute approximate surface area is 127 Å². The monoisotopic (exact) mass is 347 g/mol. The van der Waals surface area contributed by atoms with Gasteiger partial charge in [0.2, 0.25) is 9.36 Å². The van der Waals surface area contributed by atoms with Crippen LogP contribution in [0.3, 0.4) is 0 Å². The van der Waals surface area contributed by atoms with Crippen LogP contribution in [0.5, 0.6) is 5.75 Å². The molecule has 0 saturated carbocycles. The van der Waals surface area contributed by atoms with E-state index < -0.39 is 20.4 Å². The lowest BCUT2D eigenvalue weighted by Gasteiger charge is -2.17. The van der Waals surface area contributed by atoms with Gasteiger partial charge in [0.1, 0.15) is 5.75 Å². The van der Waals surface area contributed by atoms with Crippen LogP contribution in [0.2, 0.25) is 0 Å². The molecule has 1 unspecified atom stereocenters. The normalized spacial score (nSPS) is 12.6. The topological polar surface area (TPSA) is 78.7 Å². The van der Waals surface area contributed by atoms with Crippen molar-refractivity contribution >= 4 is 58.2 Å². The first-order valence-corrected chi connectivity index (χ1v) is 6.11. The van der Waals surface area contributed by atoms with E-state index in [1.165, 1.54) is 12.1 Å². The number of halogens is 4. The SMILES string of the molecule is O=C(Oc1ccc([N+](=O)[O-])cc1)OC(Cl)C(Cl)(Cl)Cl. The molecule has 0 saturated heterocycles. The van der Waals surface area contributed by atoms with Crippen LogP contribution in [0.4, 0.5) is 10.5 Å². The maximum Gasteiger partial charge on any atom is 0.515 e. The maximum atomic E-state index is 11.2. The quantitative estimate of drug-likeness (QED) is 0.271. The number of ether oxygens (including phenoxy) is 2. The molecule has 0 spiro atoms. The van der Waals surface area contributed by atoms with E-state index in [1.54, 1.807) is 0 Å². The standard InChI is InChI=1S/C9H5Cl4NO5/c10-7(9(11,12)13)19-8(15)18-6-3-1-5(2-4-6)14(16)17/h1-4,7H. The molecule has 0 aliphatic rings. The Morgan fingerprint density at radius 2 is 1.79 bits per heavy atom. The average molecular weight is 349 g/mol. The van der Waals surface area contributed by atoms with Crippen molar-refractivity contribution in [1.29, 1.82) is 0 Å². The molecule has 0 heterocycles. The van der Waals surface area contributed by atoms with Crippen molar-refractivity contribution in [3.63, 3.8) is 0 Å². The molecule has 0 radical (unpaired) electrons. The van der Waals surface area contributed by atoms with Crippen LogP contribution >= 0.6 is 46.4 Å². The molecular weight excluding hydrogens is 344 g/mol. The summed E-state index contributed by atoms with van der Waals surface area (Å²) >= 11 is 21.6. The zero-order valence-electron chi connectivity index (χ0n) is 8.89. The molecule has 1 atom stereocenters. The maximum absolute atomic E-state index is 11.2. The first-order valence-electron chi connectivity index (χ1n) is 4.54. The van der Waals surface area contributed by atoms with Gasteiger partial charge in [-0.3, -0.25) is 10.1 Å². The van der Waals surface area contributed by atoms with Gasteiger partial charge in [-0.2, -0.15) is 0 Å². The summed E-state index contributed by atoms with van der Waals surface area (Å²) in [7, 11) is 0. The second kappa shape index (κ2) is 6.47. The third-order valence-electron chi connectivity index (χ3n) is 1.71. The molecule has 0 aromatic heterocycles. The van der Waals surface area contributed by atoms with Gasteiger partial charge < -0.3 is 9.47 Å². The zero-order chi connectivity index (χ0) is 14.6. The summed E-state index contributed by atoms with van der Waals surface area (Å²) < 4.78 is 7.14. The van der Waals surface area contributed by atoms with Crippen LogP contribution in [0.1, 0.15) is 0 Å². The second-order valence-corrected chi connectivity index (χ2v) is 5.84. The number of nitrogens with zero attached hydrogens (tertiary/aromatic N) is 1. The number of hydrogen-bond acceptors (Lipinski definition) is 5. The molecule has 0 bridgehead atoms. The first kappa shape index (κ1) is 16.1. The van der Waals surface area contributed by atoms with Gasteiger partial charge in [0.05, 0.1) is 4.92 Å². The van der Waals surface area contributed by atoms with Gasteiger partial charge in [0.15, 0.2) is 0 Å². The smallest absolute Gasteiger partial charge is 0.410 e. The Bertz CT molecular complexity index is 472. The van der Waals surface area contributed by atoms with E-state index in [9.17, 15) is 14.9 Å². The van der Waals surface area contributed by atoms with Gasteiger partial charge in [-0.15, -0.1) is 0 Å². The number of non-ortho nitro benzene ring substituents is 1. The molecule has 1 rings (SSSR count). The van der Waals surface area contributed by atoms with Gasteiger partial charge >= 0.3 is 6.16 Å². The average Bonchev–Trinajstić information content (AvgIpc) is 2.28. The summed E-state index contributed by atoms with van der Waals surface area (Å²) in [5.41, 5.74) is -1.69. The zero-order valence-corrected chi connectivity index (χ0v) is 11.9. The van der Waals surface area contributed by atoms with Crippen molar-refractivity contribution in [2.24, 2.45) is 0 Å². The largest absolute Gasteiger partial charge is 0.515 e. The number of nitro benzene ring substituents is 1. The number of nitro groups is 1. The molecule has 1 aromatic rings. The fourth-order valence-electron chi connectivity index (χ4n) is 0.907. The van der Waals surface area contributed by atoms with Gasteiger partial charge in [-0.1, -0.05) is 46.4 Å². The molecule has 0 aliphatic heterocycles. The van der Waals surface area contributed by atoms with E-state index in [-0.39, 0.29) is 11.4 Å². The van der Waals surface area contributed by atoms with Crippen LogP contribution in [0.15, 0.2) is 24.3 Å². The van der Waals surface area contributed by atoms with Crippen molar-refractivity contribution in [1.82, 2.24) is 0 Å². The molecule has 19 heavy (non-hydrogen) atoms. The van der Waals surface area contributed by atoms with Crippen LogP contribution in [-0.2, 0) is 4.74 Å². The Morgan fingerprint density at radius 3 is 2.21 bits per heavy atom. The highest BCUT2D eigenvalue weighted by Gasteiger charge is 2.35. The number of carbonyl (C=O) groups excluding carboxylic acids is 1. The lowest BCUT2D eigenvalue weighted by molar-refractivity contribution is -0.384. The van der Waals surface area contributed by atoms with Crippen molar-refractivity contribution in [3.8, 4) is 5.75 Å². The third kappa shape index (κ3) is 5.28. The fourth-order valence-corrected chi connectivity index (χ4v) is 1.11. The van der Waals surface area contributed by atoms with E-state index >= 15 is 0 Å². The Kier molecular flexibility index (Phi) is 5.49.